The average molecular weight is 312 g/mol. The first kappa shape index (κ1) is 18.3. The third kappa shape index (κ3) is 2.35. The highest BCUT2D eigenvalue weighted by Gasteiger charge is 2.66. The molecule has 3 atom stereocenters. The lowest BCUT2D eigenvalue weighted by atomic mass is 9.58. The van der Waals surface area contributed by atoms with Crippen molar-refractivity contribution in [2.24, 2.45) is 28.4 Å². The molecule has 1 aliphatic carbocycles. The van der Waals surface area contributed by atoms with E-state index >= 15 is 0 Å². The molecule has 0 saturated carbocycles. The van der Waals surface area contributed by atoms with Gasteiger partial charge >= 0.3 is 0 Å². The molecule has 0 aromatic carbocycles. The molecule has 6 heteroatoms. The van der Waals surface area contributed by atoms with Crippen LogP contribution in [0.5, 0.6) is 0 Å². The Kier molecular flexibility index (Phi) is 5.20. The van der Waals surface area contributed by atoms with Gasteiger partial charge in [-0.05, 0) is 19.9 Å². The molecule has 0 saturated heterocycles. The number of nitrogens with zero attached hydrogens (tertiary/aromatic N) is 3. The summed E-state index contributed by atoms with van der Waals surface area (Å²) >= 11 is 0. The molecule has 0 aliphatic heterocycles. The van der Waals surface area contributed by atoms with E-state index in [1.165, 1.54) is 6.26 Å². The zero-order valence-corrected chi connectivity index (χ0v) is 13.7. The van der Waals surface area contributed by atoms with Crippen LogP contribution in [-0.2, 0) is 9.53 Å². The van der Waals surface area contributed by atoms with E-state index in [0.29, 0.717) is 6.29 Å². The van der Waals surface area contributed by atoms with Gasteiger partial charge in [-0.3, -0.25) is 4.79 Å². The van der Waals surface area contributed by atoms with Gasteiger partial charge < -0.3 is 10.5 Å². The Morgan fingerprint density at radius 3 is 2.17 bits per heavy atom. The van der Waals surface area contributed by atoms with E-state index in [1.54, 1.807) is 19.9 Å². The maximum absolute atomic E-state index is 11.4. The second-order valence-electron chi connectivity index (χ2n) is 5.96. The highest BCUT2D eigenvalue weighted by molar-refractivity contribution is 5.79. The standard InChI is InChI=1S/C17H20N4O2/c1-11(2)23-6-5-12(3)17(10-20)15(21)14(7-22)13(4)16(17,8-18)9-19/h5-7,11-13H,21H2,1-4H3. The van der Waals surface area contributed by atoms with Gasteiger partial charge in [0.25, 0.3) is 0 Å². The number of nitrogens with two attached hydrogens (primary N) is 1. The van der Waals surface area contributed by atoms with Gasteiger partial charge in [-0.2, -0.15) is 15.8 Å². The third-order valence-electron chi connectivity index (χ3n) is 4.53. The van der Waals surface area contributed by atoms with Gasteiger partial charge in [0.15, 0.2) is 5.41 Å². The zero-order chi connectivity index (χ0) is 17.8. The smallest absolute Gasteiger partial charge is 0.175 e. The van der Waals surface area contributed by atoms with Crippen LogP contribution in [0, 0.1) is 56.7 Å². The predicted molar refractivity (Wildman–Crippen MR) is 82.7 cm³/mol. The summed E-state index contributed by atoms with van der Waals surface area (Å²) in [6.45, 7) is 6.95. The average Bonchev–Trinajstić information content (AvgIpc) is 2.70. The summed E-state index contributed by atoms with van der Waals surface area (Å²) in [6, 6.07) is 5.97. The number of ether oxygens (including phenoxy) is 1. The summed E-state index contributed by atoms with van der Waals surface area (Å²) in [7, 11) is 0. The molecule has 0 aromatic heterocycles. The summed E-state index contributed by atoms with van der Waals surface area (Å²) in [5, 5.41) is 29.2. The maximum Gasteiger partial charge on any atom is 0.175 e. The van der Waals surface area contributed by atoms with Gasteiger partial charge in [0.1, 0.15) is 11.7 Å². The molecule has 120 valence electrons. The highest BCUT2D eigenvalue weighted by atomic mass is 16.5. The van der Waals surface area contributed by atoms with Gasteiger partial charge in [-0.25, -0.2) is 0 Å². The maximum atomic E-state index is 11.4. The summed E-state index contributed by atoms with van der Waals surface area (Å²) in [6.07, 6.45) is 3.52. The minimum atomic E-state index is -1.73. The van der Waals surface area contributed by atoms with Gasteiger partial charge in [-0.1, -0.05) is 13.8 Å². The lowest BCUT2D eigenvalue weighted by molar-refractivity contribution is -0.105. The normalized spacial score (nSPS) is 27.3. The monoisotopic (exact) mass is 312 g/mol. The molecule has 0 fully saturated rings. The number of allylic oxidation sites excluding steroid dienone is 3. The third-order valence-corrected chi connectivity index (χ3v) is 4.53. The van der Waals surface area contributed by atoms with Crippen LogP contribution in [0.25, 0.3) is 0 Å². The lowest BCUT2D eigenvalue weighted by Crippen LogP contribution is -2.46. The quantitative estimate of drug-likeness (QED) is 0.612. The molecular formula is C17H20N4O2. The van der Waals surface area contributed by atoms with Crippen molar-refractivity contribution in [2.45, 2.75) is 33.8 Å². The molecule has 0 spiro atoms. The fourth-order valence-corrected chi connectivity index (χ4v) is 3.13. The summed E-state index contributed by atoms with van der Waals surface area (Å²) in [4.78, 5) is 11.4. The number of carbonyl (C=O) groups is 1. The van der Waals surface area contributed by atoms with Crippen molar-refractivity contribution in [2.75, 3.05) is 0 Å². The molecule has 0 aromatic rings. The Morgan fingerprint density at radius 2 is 1.78 bits per heavy atom. The first-order chi connectivity index (χ1) is 10.8. The van der Waals surface area contributed by atoms with E-state index in [0.717, 1.165) is 0 Å². The van der Waals surface area contributed by atoms with Crippen molar-refractivity contribution in [1.29, 1.82) is 15.8 Å². The molecule has 23 heavy (non-hydrogen) atoms. The van der Waals surface area contributed by atoms with Crippen LogP contribution in [0.2, 0.25) is 0 Å². The van der Waals surface area contributed by atoms with E-state index in [-0.39, 0.29) is 17.4 Å². The molecule has 0 heterocycles. The van der Waals surface area contributed by atoms with Crippen LogP contribution in [0.1, 0.15) is 27.7 Å². The lowest BCUT2D eigenvalue weighted by Gasteiger charge is -2.37. The number of hydrogen-bond donors (Lipinski definition) is 1. The van der Waals surface area contributed by atoms with Crippen LogP contribution < -0.4 is 5.73 Å². The molecule has 0 amide bonds. The first-order valence-corrected chi connectivity index (χ1v) is 7.30. The number of aldehydes is 1. The number of nitriles is 3. The molecule has 1 rings (SSSR count). The number of hydrogen-bond acceptors (Lipinski definition) is 6. The van der Waals surface area contributed by atoms with Crippen molar-refractivity contribution in [3.8, 4) is 18.2 Å². The SMILES string of the molecule is CC(C)OC=CC(C)C1(C#N)C(N)=C(C=O)C(C)C1(C#N)C#N. The second kappa shape index (κ2) is 6.55. The van der Waals surface area contributed by atoms with E-state index in [2.05, 4.69) is 6.07 Å². The Morgan fingerprint density at radius 1 is 1.22 bits per heavy atom. The fraction of sp³-hybridized carbons (Fsp3) is 0.529. The molecule has 0 radical (unpaired) electrons. The van der Waals surface area contributed by atoms with Crippen molar-refractivity contribution >= 4 is 6.29 Å². The van der Waals surface area contributed by atoms with Crippen LogP contribution >= 0.6 is 0 Å². The minimum absolute atomic E-state index is 0.00713. The first-order valence-electron chi connectivity index (χ1n) is 7.30. The molecule has 1 aliphatic rings. The van der Waals surface area contributed by atoms with Crippen molar-refractivity contribution in [3.05, 3.63) is 23.6 Å². The van der Waals surface area contributed by atoms with Crippen LogP contribution in [0.15, 0.2) is 23.6 Å². The minimum Gasteiger partial charge on any atom is -0.499 e. The van der Waals surface area contributed by atoms with E-state index in [1.807, 2.05) is 26.0 Å². The van der Waals surface area contributed by atoms with Gasteiger partial charge in [0, 0.05) is 23.1 Å². The van der Waals surface area contributed by atoms with Crippen LogP contribution in [-0.4, -0.2) is 12.4 Å². The summed E-state index contributed by atoms with van der Waals surface area (Å²) in [5.41, 5.74) is 2.87. The Hall–Kier alpha value is -2.78. The Labute approximate surface area is 136 Å². The molecule has 3 unspecified atom stereocenters. The molecular weight excluding hydrogens is 292 g/mol. The van der Waals surface area contributed by atoms with Gasteiger partial charge in [0.2, 0.25) is 0 Å². The molecule has 6 nitrogen and oxygen atoms in total. The fourth-order valence-electron chi connectivity index (χ4n) is 3.13. The number of rotatable bonds is 5. The van der Waals surface area contributed by atoms with Crippen molar-refractivity contribution < 1.29 is 9.53 Å². The highest BCUT2D eigenvalue weighted by Crippen LogP contribution is 2.60. The number of carbonyl (C=O) groups excluding carboxylic acids is 1. The van der Waals surface area contributed by atoms with E-state index in [4.69, 9.17) is 10.5 Å². The zero-order valence-electron chi connectivity index (χ0n) is 13.7. The Balaban J connectivity index is 3.57. The van der Waals surface area contributed by atoms with Crippen molar-refractivity contribution in [1.82, 2.24) is 0 Å². The van der Waals surface area contributed by atoms with Crippen LogP contribution in [0.4, 0.5) is 0 Å². The van der Waals surface area contributed by atoms with E-state index in [9.17, 15) is 20.6 Å². The van der Waals surface area contributed by atoms with Gasteiger partial charge in [-0.15, -0.1) is 0 Å². The van der Waals surface area contributed by atoms with Crippen molar-refractivity contribution in [3.63, 3.8) is 0 Å². The van der Waals surface area contributed by atoms with Crippen LogP contribution in [0.3, 0.4) is 0 Å². The summed E-state index contributed by atoms with van der Waals surface area (Å²) < 4.78 is 5.33. The second-order valence-corrected chi connectivity index (χ2v) is 5.96. The summed E-state index contributed by atoms with van der Waals surface area (Å²) in [5.74, 6) is -1.35. The van der Waals surface area contributed by atoms with E-state index < -0.39 is 22.7 Å². The largest absolute Gasteiger partial charge is 0.499 e. The molecule has 0 bridgehead atoms. The van der Waals surface area contributed by atoms with Gasteiger partial charge in [0.05, 0.1) is 30.6 Å². The Bertz CT molecular complexity index is 658. The predicted octanol–water partition coefficient (Wildman–Crippen LogP) is 2.17. The topological polar surface area (TPSA) is 124 Å². The molecule has 2 N–H and O–H groups in total.